The van der Waals surface area contributed by atoms with Gasteiger partial charge in [-0.2, -0.15) is 0 Å². The van der Waals surface area contributed by atoms with Crippen LogP contribution in [-0.2, 0) is 4.79 Å². The number of ketones is 1. The van der Waals surface area contributed by atoms with Gasteiger partial charge in [0.2, 0.25) is 0 Å². The Labute approximate surface area is 92.5 Å². The minimum atomic E-state index is -1.08. The summed E-state index contributed by atoms with van der Waals surface area (Å²) in [4.78, 5) is 11.3. The van der Waals surface area contributed by atoms with Gasteiger partial charge >= 0.3 is 0 Å². The van der Waals surface area contributed by atoms with E-state index in [2.05, 4.69) is 0 Å². The van der Waals surface area contributed by atoms with Gasteiger partial charge in [0, 0.05) is 6.42 Å². The van der Waals surface area contributed by atoms with Gasteiger partial charge in [0.05, 0.1) is 6.10 Å². The summed E-state index contributed by atoms with van der Waals surface area (Å²) in [5.41, 5.74) is 0.888. The van der Waals surface area contributed by atoms with Gasteiger partial charge in [0.15, 0.2) is 5.78 Å². The molecule has 84 valence electrons. The van der Waals surface area contributed by atoms with Crippen LogP contribution in [0.2, 0.25) is 0 Å². The Hall–Kier alpha value is -1.65. The first-order valence-corrected chi connectivity index (χ1v) is 4.98. The highest BCUT2D eigenvalue weighted by atomic mass is 16.3. The molecule has 0 unspecified atom stereocenters. The number of allylic oxidation sites excluding steroid dienone is 1. The van der Waals surface area contributed by atoms with Crippen molar-refractivity contribution in [3.63, 3.8) is 0 Å². The number of hydrogen-bond donors (Lipinski definition) is 3. The van der Waals surface area contributed by atoms with Crippen LogP contribution in [0.25, 0.3) is 5.57 Å². The summed E-state index contributed by atoms with van der Waals surface area (Å²) in [6.07, 6.45) is -0.912. The number of carbonyl (C=O) groups excluding carboxylic acids is 1. The van der Waals surface area contributed by atoms with Gasteiger partial charge in [-0.05, 0) is 29.3 Å². The summed E-state index contributed by atoms with van der Waals surface area (Å²) < 4.78 is 0. The molecule has 1 aromatic carbocycles. The molecular weight excluding hydrogens is 208 g/mol. The molecule has 1 aliphatic rings. The lowest BCUT2D eigenvalue weighted by Crippen LogP contribution is -2.33. The molecule has 2 atom stereocenters. The number of rotatable bonds is 1. The van der Waals surface area contributed by atoms with Crippen LogP contribution >= 0.6 is 0 Å². The molecule has 2 rings (SSSR count). The number of phenols is 1. The number of benzene rings is 1. The summed E-state index contributed by atoms with van der Waals surface area (Å²) >= 11 is 0. The smallest absolute Gasteiger partial charge is 0.158 e. The summed E-state index contributed by atoms with van der Waals surface area (Å²) in [7, 11) is 0. The second-order valence-electron chi connectivity index (χ2n) is 3.83. The maximum atomic E-state index is 11.3. The molecule has 0 fully saturated rings. The number of aliphatic hydroxyl groups excluding tert-OH is 2. The van der Waals surface area contributed by atoms with E-state index in [1.807, 2.05) is 0 Å². The first-order valence-electron chi connectivity index (χ1n) is 4.98. The van der Waals surface area contributed by atoms with Gasteiger partial charge in [0.25, 0.3) is 0 Å². The number of aromatic hydroxyl groups is 1. The summed E-state index contributed by atoms with van der Waals surface area (Å²) in [5.74, 6) is -0.172. The Balaban J connectivity index is 2.43. The largest absolute Gasteiger partial charge is 0.508 e. The Morgan fingerprint density at radius 1 is 1.25 bits per heavy atom. The standard InChI is InChI=1S/C12H12O4/c13-8-3-1-2-7(4-8)10-5-9(14)6-11(15)12(10)16/h1-5,11-13,15-16H,6H2/t11-,12+/m0/s1. The average Bonchev–Trinajstić information content (AvgIpc) is 2.23. The van der Waals surface area contributed by atoms with Crippen molar-refractivity contribution in [3.8, 4) is 5.75 Å². The predicted octanol–water partition coefficient (Wildman–Crippen LogP) is 0.470. The quantitative estimate of drug-likeness (QED) is 0.643. The van der Waals surface area contributed by atoms with E-state index >= 15 is 0 Å². The highest BCUT2D eigenvalue weighted by molar-refractivity contribution is 6.00. The van der Waals surface area contributed by atoms with E-state index < -0.39 is 12.2 Å². The number of aliphatic hydroxyl groups is 2. The molecule has 0 spiro atoms. The highest BCUT2D eigenvalue weighted by Crippen LogP contribution is 2.27. The Kier molecular flexibility index (Phi) is 2.77. The second kappa shape index (κ2) is 4.08. The fourth-order valence-corrected chi connectivity index (χ4v) is 1.78. The molecule has 1 aliphatic carbocycles. The fraction of sp³-hybridized carbons (Fsp3) is 0.250. The van der Waals surface area contributed by atoms with E-state index in [0.717, 1.165) is 0 Å². The first-order chi connectivity index (χ1) is 7.58. The van der Waals surface area contributed by atoms with Crippen molar-refractivity contribution < 1.29 is 20.1 Å². The van der Waals surface area contributed by atoms with Crippen molar-refractivity contribution in [1.82, 2.24) is 0 Å². The van der Waals surface area contributed by atoms with Crippen LogP contribution in [0.4, 0.5) is 0 Å². The monoisotopic (exact) mass is 220 g/mol. The lowest BCUT2D eigenvalue weighted by Gasteiger charge is -2.24. The maximum Gasteiger partial charge on any atom is 0.158 e. The van der Waals surface area contributed by atoms with E-state index in [1.165, 1.54) is 18.2 Å². The molecule has 0 bridgehead atoms. The lowest BCUT2D eigenvalue weighted by atomic mass is 9.88. The average molecular weight is 220 g/mol. The SMILES string of the molecule is O=C1C=C(c2cccc(O)c2)[C@@H](O)[C@@H](O)C1. The second-order valence-corrected chi connectivity index (χ2v) is 3.83. The van der Waals surface area contributed by atoms with Crippen molar-refractivity contribution in [1.29, 1.82) is 0 Å². The number of hydrogen-bond acceptors (Lipinski definition) is 4. The van der Waals surface area contributed by atoms with Crippen molar-refractivity contribution in [3.05, 3.63) is 35.9 Å². The highest BCUT2D eigenvalue weighted by Gasteiger charge is 2.28. The molecule has 0 saturated carbocycles. The molecular formula is C12H12O4. The molecule has 16 heavy (non-hydrogen) atoms. The zero-order valence-corrected chi connectivity index (χ0v) is 8.50. The van der Waals surface area contributed by atoms with Crippen LogP contribution in [-0.4, -0.2) is 33.3 Å². The zero-order chi connectivity index (χ0) is 11.7. The van der Waals surface area contributed by atoms with Crippen molar-refractivity contribution in [2.24, 2.45) is 0 Å². The van der Waals surface area contributed by atoms with E-state index in [0.29, 0.717) is 11.1 Å². The lowest BCUT2D eigenvalue weighted by molar-refractivity contribution is -0.118. The molecule has 0 saturated heterocycles. The third-order valence-corrected chi connectivity index (χ3v) is 2.59. The van der Waals surface area contributed by atoms with Gasteiger partial charge < -0.3 is 15.3 Å². The first kappa shape index (κ1) is 10.9. The van der Waals surface area contributed by atoms with Crippen molar-refractivity contribution in [2.75, 3.05) is 0 Å². The molecule has 0 aromatic heterocycles. The van der Waals surface area contributed by atoms with Gasteiger partial charge in [-0.3, -0.25) is 4.79 Å². The normalized spacial score (nSPS) is 25.4. The number of carbonyl (C=O) groups is 1. The molecule has 0 aliphatic heterocycles. The van der Waals surface area contributed by atoms with Crippen LogP contribution in [0.15, 0.2) is 30.3 Å². The van der Waals surface area contributed by atoms with E-state index in [-0.39, 0.29) is 18.0 Å². The van der Waals surface area contributed by atoms with Crippen LogP contribution < -0.4 is 0 Å². The van der Waals surface area contributed by atoms with E-state index in [4.69, 9.17) is 0 Å². The van der Waals surface area contributed by atoms with Crippen LogP contribution in [0.3, 0.4) is 0 Å². The summed E-state index contributed by atoms with van der Waals surface area (Å²) in [6, 6.07) is 6.22. The van der Waals surface area contributed by atoms with Crippen molar-refractivity contribution in [2.45, 2.75) is 18.6 Å². The summed E-state index contributed by atoms with van der Waals surface area (Å²) in [5, 5.41) is 28.5. The Bertz CT molecular complexity index is 450. The molecule has 4 nitrogen and oxygen atoms in total. The maximum absolute atomic E-state index is 11.3. The molecule has 0 radical (unpaired) electrons. The van der Waals surface area contributed by atoms with Crippen LogP contribution in [0.5, 0.6) is 5.75 Å². The molecule has 3 N–H and O–H groups in total. The molecule has 1 aromatic rings. The number of phenolic OH excluding ortho intramolecular Hbond substituents is 1. The third-order valence-electron chi connectivity index (χ3n) is 2.59. The Morgan fingerprint density at radius 3 is 2.69 bits per heavy atom. The van der Waals surface area contributed by atoms with Gasteiger partial charge in [0.1, 0.15) is 11.9 Å². The summed E-state index contributed by atoms with van der Waals surface area (Å²) in [6.45, 7) is 0. The molecule has 0 amide bonds. The Morgan fingerprint density at radius 2 is 2.00 bits per heavy atom. The van der Waals surface area contributed by atoms with Crippen molar-refractivity contribution >= 4 is 11.4 Å². The van der Waals surface area contributed by atoms with Crippen LogP contribution in [0, 0.1) is 0 Å². The van der Waals surface area contributed by atoms with E-state index in [1.54, 1.807) is 12.1 Å². The minimum absolute atomic E-state index is 0.0538. The fourth-order valence-electron chi connectivity index (χ4n) is 1.78. The zero-order valence-electron chi connectivity index (χ0n) is 8.50. The molecule has 0 heterocycles. The minimum Gasteiger partial charge on any atom is -0.508 e. The molecule has 4 heteroatoms. The predicted molar refractivity (Wildman–Crippen MR) is 57.7 cm³/mol. The van der Waals surface area contributed by atoms with E-state index in [9.17, 15) is 20.1 Å². The topological polar surface area (TPSA) is 77.8 Å². The third kappa shape index (κ3) is 1.98. The van der Waals surface area contributed by atoms with Gasteiger partial charge in [-0.1, -0.05) is 12.1 Å². The van der Waals surface area contributed by atoms with Gasteiger partial charge in [-0.15, -0.1) is 0 Å². The van der Waals surface area contributed by atoms with Gasteiger partial charge in [-0.25, -0.2) is 0 Å². The van der Waals surface area contributed by atoms with Crippen LogP contribution in [0.1, 0.15) is 12.0 Å².